The van der Waals surface area contributed by atoms with Gasteiger partial charge >= 0.3 is 6.01 Å². The van der Waals surface area contributed by atoms with Crippen LogP contribution < -0.4 is 25.6 Å². The van der Waals surface area contributed by atoms with Gasteiger partial charge in [-0.15, -0.1) is 17.8 Å². The van der Waals surface area contributed by atoms with Gasteiger partial charge < -0.3 is 50.3 Å². The van der Waals surface area contributed by atoms with Crippen molar-refractivity contribution in [3.8, 4) is 45.8 Å². The molecule has 0 spiro atoms. The molecule has 0 radical (unpaired) electrons. The average Bonchev–Trinajstić information content (AvgIpc) is 4.46. The zero-order valence-electron chi connectivity index (χ0n) is 45.7. The summed E-state index contributed by atoms with van der Waals surface area (Å²) in [6.07, 6.45) is 14.2. The predicted molar refractivity (Wildman–Crippen MR) is 303 cm³/mol. The first-order valence-electron chi connectivity index (χ1n) is 27.3. The number of thiazole rings is 1. The average molecular weight is 1100 g/mol. The van der Waals surface area contributed by atoms with E-state index in [-0.39, 0.29) is 76.8 Å². The summed E-state index contributed by atoms with van der Waals surface area (Å²) in [6.45, 7) is 14.3. The number of aliphatic hydroxyl groups is 1. The lowest BCUT2D eigenvalue weighted by molar-refractivity contribution is -0.139. The number of terminal acetylenes is 1. The number of aliphatic hydroxyl groups excluding tert-OH is 1. The second-order valence-corrected chi connectivity index (χ2v) is 21.9. The smallest absolute Gasteiger partial charge is 0.318 e. The number of aromatic nitrogens is 4. The number of ether oxygens (including phenoxy) is 2. The van der Waals surface area contributed by atoms with Crippen molar-refractivity contribution < 1.29 is 42.9 Å². The van der Waals surface area contributed by atoms with Crippen LogP contribution in [0.1, 0.15) is 95.0 Å². The highest BCUT2D eigenvalue weighted by molar-refractivity contribution is 7.13. The number of hydrogen-bond acceptors (Lipinski definition) is 15. The van der Waals surface area contributed by atoms with Crippen molar-refractivity contribution in [3.63, 3.8) is 0 Å². The van der Waals surface area contributed by atoms with E-state index in [4.69, 9.17) is 15.9 Å². The number of nitrogens with zero attached hydrogens (tertiary/aromatic N) is 7. The number of anilines is 1. The minimum absolute atomic E-state index is 0.0258. The van der Waals surface area contributed by atoms with Gasteiger partial charge in [0.1, 0.15) is 34.6 Å². The maximum Gasteiger partial charge on any atom is 0.318 e. The fraction of sp³-hybridized carbons (Fsp3) is 0.475. The minimum atomic E-state index is -0.735. The number of amides is 3. The monoisotopic (exact) mass is 1100 g/mol. The third kappa shape index (κ3) is 14.5. The van der Waals surface area contributed by atoms with Crippen molar-refractivity contribution in [2.24, 2.45) is 5.92 Å². The highest BCUT2D eigenvalue weighted by atomic mass is 32.1. The Labute approximate surface area is 464 Å². The number of carbonyl (C=O) groups excluding carboxylic acids is 3. The molecule has 79 heavy (non-hydrogen) atoms. The van der Waals surface area contributed by atoms with Crippen LogP contribution in [-0.4, -0.2) is 149 Å². The first kappa shape index (κ1) is 58.3. The molecule has 3 aromatic carbocycles. The van der Waals surface area contributed by atoms with Crippen LogP contribution in [0.4, 0.5) is 14.6 Å². The number of phenols is 1. The number of nitrogens with one attached hydrogen (secondary N) is 3. The zero-order chi connectivity index (χ0) is 56.2. The van der Waals surface area contributed by atoms with Gasteiger partial charge in [0.15, 0.2) is 5.82 Å². The Morgan fingerprint density at radius 2 is 1.70 bits per heavy atom. The van der Waals surface area contributed by atoms with Crippen LogP contribution >= 0.6 is 11.3 Å². The summed E-state index contributed by atoms with van der Waals surface area (Å²) >= 11 is 1.57. The molecule has 7 heterocycles. The van der Waals surface area contributed by atoms with E-state index in [1.54, 1.807) is 11.3 Å². The van der Waals surface area contributed by atoms with Crippen LogP contribution in [0.3, 0.4) is 0 Å². The third-order valence-electron chi connectivity index (χ3n) is 14.4. The number of carbonyl (C=O) groups is 3. The van der Waals surface area contributed by atoms with Crippen molar-refractivity contribution in [3.05, 3.63) is 88.7 Å². The maximum absolute atomic E-state index is 16.1. The summed E-state index contributed by atoms with van der Waals surface area (Å²) in [5, 5.41) is 30.6. The number of halogens is 2. The van der Waals surface area contributed by atoms with E-state index in [1.807, 2.05) is 36.7 Å². The molecule has 4 aliphatic rings. The van der Waals surface area contributed by atoms with E-state index in [2.05, 4.69) is 72.4 Å². The molecule has 420 valence electrons. The molecule has 0 saturated carbocycles. The van der Waals surface area contributed by atoms with Gasteiger partial charge in [0.2, 0.25) is 17.7 Å². The Balaban J connectivity index is 0.000000196. The first-order valence-corrected chi connectivity index (χ1v) is 28.1. The molecule has 4 atom stereocenters. The molecular formula is C59H72F2N10O7S. The number of benzene rings is 3. The summed E-state index contributed by atoms with van der Waals surface area (Å²) in [7, 11) is 1.43. The largest absolute Gasteiger partial charge is 0.508 e. The van der Waals surface area contributed by atoms with Crippen LogP contribution in [0.25, 0.3) is 43.4 Å². The van der Waals surface area contributed by atoms with Crippen molar-refractivity contribution in [1.82, 2.24) is 45.7 Å². The van der Waals surface area contributed by atoms with Crippen LogP contribution in [0.15, 0.2) is 60.2 Å². The molecule has 10 rings (SSSR count). The third-order valence-corrected chi connectivity index (χ3v) is 15.3. The summed E-state index contributed by atoms with van der Waals surface area (Å²) in [4.78, 5) is 62.8. The predicted octanol–water partition coefficient (Wildman–Crippen LogP) is 7.69. The van der Waals surface area contributed by atoms with E-state index in [0.717, 1.165) is 66.5 Å². The Morgan fingerprint density at radius 3 is 2.37 bits per heavy atom. The SMILES string of the molecule is C#Cc1c(F)ccc2cc(O)cc(-c3ncc4c(N5CC6CCC(C5)N6)nc(OC)nc4c3F)c12.CC(C)C.Cc1ncsc1-c1ccc(C(CO)NC(=O)C2CCCN2C(=O)CNC(=O)CCOCCCN2CCCC2)cc1. The van der Waals surface area contributed by atoms with Crippen molar-refractivity contribution >= 4 is 56.6 Å². The van der Waals surface area contributed by atoms with E-state index in [1.165, 1.54) is 68.4 Å². The highest BCUT2D eigenvalue weighted by Gasteiger charge is 2.36. The number of likely N-dealkylation sites (tertiary alicyclic amines) is 2. The second kappa shape index (κ2) is 27.3. The molecule has 4 saturated heterocycles. The van der Waals surface area contributed by atoms with E-state index in [0.29, 0.717) is 61.3 Å². The molecule has 4 unspecified atom stereocenters. The van der Waals surface area contributed by atoms with Gasteiger partial charge in [0.05, 0.1) is 59.9 Å². The van der Waals surface area contributed by atoms with Gasteiger partial charge in [-0.2, -0.15) is 9.97 Å². The summed E-state index contributed by atoms with van der Waals surface area (Å²) in [5.41, 5.74) is 4.65. The Morgan fingerprint density at radius 1 is 0.962 bits per heavy atom. The number of aromatic hydroxyl groups is 1. The van der Waals surface area contributed by atoms with Crippen LogP contribution in [0.2, 0.25) is 0 Å². The molecule has 4 aliphatic heterocycles. The van der Waals surface area contributed by atoms with Crippen molar-refractivity contribution in [1.29, 1.82) is 0 Å². The van der Waals surface area contributed by atoms with E-state index < -0.39 is 23.7 Å². The minimum Gasteiger partial charge on any atom is -0.508 e. The van der Waals surface area contributed by atoms with Gasteiger partial charge in [-0.05, 0) is 106 Å². The topological polar surface area (TPSA) is 208 Å². The van der Waals surface area contributed by atoms with Gasteiger partial charge in [0, 0.05) is 68.4 Å². The molecule has 4 fully saturated rings. The van der Waals surface area contributed by atoms with Crippen molar-refractivity contribution in [2.45, 2.75) is 103 Å². The lowest BCUT2D eigenvalue weighted by Gasteiger charge is -2.34. The highest BCUT2D eigenvalue weighted by Crippen LogP contribution is 2.39. The number of pyridine rings is 1. The van der Waals surface area contributed by atoms with Gasteiger partial charge in [-0.3, -0.25) is 19.4 Å². The molecule has 0 aliphatic carbocycles. The van der Waals surface area contributed by atoms with Gasteiger partial charge in [-0.1, -0.05) is 57.0 Å². The Kier molecular flexibility index (Phi) is 20.1. The van der Waals surface area contributed by atoms with Crippen LogP contribution in [0, 0.1) is 36.8 Å². The molecule has 3 amide bonds. The summed E-state index contributed by atoms with van der Waals surface area (Å²) in [6, 6.07) is 12.7. The standard InChI is InChI=1S/C29H41N5O5S.C26H21F2N5O2.C4H10/c1-21-28(40-20-31-21)23-9-7-22(8-10-23)24(19-35)32-29(38)25-6-4-15-34(25)27(37)18-30-26(36)11-17-39-16-5-14-33-12-2-3-13-33;1-3-17-20(27)7-4-13-8-16(34)9-18(21(13)17)23-22(28)24-19(10-29-23)25(32-26(31-24)35-2)33-11-14-5-6-15(12-33)30-14;1-4(2)3/h7-10,20,24-25,35H,2-6,11-19H2,1H3,(H,30,36)(H,32,38);1,4,7-10,14-15,30,34H,5-6,11-12H2,2H3;4H,1-3H3. The molecule has 20 heteroatoms. The molecule has 3 aromatic heterocycles. The van der Waals surface area contributed by atoms with Crippen LogP contribution in [-0.2, 0) is 19.1 Å². The van der Waals surface area contributed by atoms with E-state index in [9.17, 15) is 29.0 Å². The lowest BCUT2D eigenvalue weighted by atomic mass is 9.96. The first-order chi connectivity index (χ1) is 38.1. The Hall–Kier alpha value is -6.89. The number of hydrogen-bond donors (Lipinski definition) is 5. The summed E-state index contributed by atoms with van der Waals surface area (Å²) in [5.74, 6) is 1.42. The normalized spacial score (nSPS) is 18.2. The molecule has 6 aromatic rings. The molecule has 2 bridgehead atoms. The van der Waals surface area contributed by atoms with E-state index >= 15 is 4.39 Å². The zero-order valence-corrected chi connectivity index (χ0v) is 46.5. The maximum atomic E-state index is 16.1. The number of methoxy groups -OCH3 is 1. The number of phenolic OH excluding ortho intramolecular Hbond substituents is 1. The molecule has 5 N–H and O–H groups in total. The molecule has 17 nitrogen and oxygen atoms in total. The van der Waals surface area contributed by atoms with Gasteiger partial charge in [0.25, 0.3) is 0 Å². The quantitative estimate of drug-likeness (QED) is 0.0439. The lowest BCUT2D eigenvalue weighted by Crippen LogP contribution is -2.51. The molecular weight excluding hydrogens is 1030 g/mol. The van der Waals surface area contributed by atoms with Crippen molar-refractivity contribution in [2.75, 3.05) is 77.6 Å². The fourth-order valence-electron chi connectivity index (χ4n) is 10.6. The fourth-order valence-corrected chi connectivity index (χ4v) is 11.4. The second-order valence-electron chi connectivity index (χ2n) is 21.1. The van der Waals surface area contributed by atoms with Gasteiger partial charge in [-0.25, -0.2) is 13.8 Å². The summed E-state index contributed by atoms with van der Waals surface area (Å²) < 4.78 is 41.5. The number of fused-ring (bicyclic) bond motifs is 4. The number of rotatable bonds is 17. The Bertz CT molecular complexity index is 3120. The number of piperazine rings is 1. The van der Waals surface area contributed by atoms with Crippen LogP contribution in [0.5, 0.6) is 11.8 Å². The number of aryl methyl sites for hydroxylation is 1.